The fraction of sp³-hybridized carbons (Fsp3) is 0.235. The second-order valence-electron chi connectivity index (χ2n) is 5.26. The van der Waals surface area contributed by atoms with Crippen LogP contribution in [0.1, 0.15) is 30.1 Å². The standard InChI is InChI=1S/C17H18N4O/c1-2-3-7-20-17-13-6-8-19-10-14(13)12-5-4-11(16(18)22)9-15(12)21-17/h4-6,8-10H,2-3,7H2,1H3,(H2,18,22)(H,20,21). The molecule has 0 radical (unpaired) electrons. The molecule has 5 nitrogen and oxygen atoms in total. The molecule has 0 saturated carbocycles. The lowest BCUT2D eigenvalue weighted by atomic mass is 10.1. The van der Waals surface area contributed by atoms with E-state index in [0.717, 1.165) is 46.9 Å². The van der Waals surface area contributed by atoms with Gasteiger partial charge >= 0.3 is 0 Å². The van der Waals surface area contributed by atoms with Crippen LogP contribution in [0.15, 0.2) is 36.7 Å². The van der Waals surface area contributed by atoms with E-state index in [-0.39, 0.29) is 0 Å². The van der Waals surface area contributed by atoms with Gasteiger partial charge in [0.05, 0.1) is 5.52 Å². The van der Waals surface area contributed by atoms with Crippen molar-refractivity contribution in [1.29, 1.82) is 0 Å². The molecule has 0 spiro atoms. The van der Waals surface area contributed by atoms with Crippen LogP contribution in [-0.2, 0) is 0 Å². The van der Waals surface area contributed by atoms with E-state index in [1.807, 2.05) is 18.3 Å². The Morgan fingerprint density at radius 1 is 1.23 bits per heavy atom. The van der Waals surface area contributed by atoms with Crippen molar-refractivity contribution in [2.75, 3.05) is 11.9 Å². The minimum atomic E-state index is -0.449. The Balaban J connectivity index is 2.20. The lowest BCUT2D eigenvalue weighted by Crippen LogP contribution is -2.11. The molecule has 5 heteroatoms. The summed E-state index contributed by atoms with van der Waals surface area (Å²) in [6.07, 6.45) is 5.78. The molecule has 112 valence electrons. The summed E-state index contributed by atoms with van der Waals surface area (Å²) in [6, 6.07) is 7.29. The number of primary amides is 1. The highest BCUT2D eigenvalue weighted by molar-refractivity contribution is 6.11. The Morgan fingerprint density at radius 3 is 2.86 bits per heavy atom. The summed E-state index contributed by atoms with van der Waals surface area (Å²) in [5, 5.41) is 6.39. The van der Waals surface area contributed by atoms with Crippen molar-refractivity contribution < 1.29 is 4.79 Å². The number of anilines is 1. The monoisotopic (exact) mass is 294 g/mol. The predicted molar refractivity (Wildman–Crippen MR) is 89.0 cm³/mol. The summed E-state index contributed by atoms with van der Waals surface area (Å²) in [4.78, 5) is 20.3. The number of fused-ring (bicyclic) bond motifs is 3. The summed E-state index contributed by atoms with van der Waals surface area (Å²) < 4.78 is 0. The van der Waals surface area contributed by atoms with Crippen molar-refractivity contribution in [2.24, 2.45) is 5.73 Å². The molecule has 1 aromatic carbocycles. The van der Waals surface area contributed by atoms with Gasteiger partial charge in [0.1, 0.15) is 5.82 Å². The Morgan fingerprint density at radius 2 is 2.09 bits per heavy atom. The van der Waals surface area contributed by atoms with Gasteiger partial charge in [-0.1, -0.05) is 19.4 Å². The van der Waals surface area contributed by atoms with Gasteiger partial charge in [0.25, 0.3) is 0 Å². The number of hydrogen-bond acceptors (Lipinski definition) is 4. The molecule has 0 aliphatic heterocycles. The summed E-state index contributed by atoms with van der Waals surface area (Å²) in [7, 11) is 0. The molecule has 0 saturated heterocycles. The zero-order valence-electron chi connectivity index (χ0n) is 12.5. The second-order valence-corrected chi connectivity index (χ2v) is 5.26. The van der Waals surface area contributed by atoms with Crippen molar-refractivity contribution in [3.63, 3.8) is 0 Å². The number of amides is 1. The van der Waals surface area contributed by atoms with Crippen molar-refractivity contribution in [2.45, 2.75) is 19.8 Å². The van der Waals surface area contributed by atoms with Crippen LogP contribution >= 0.6 is 0 Å². The number of rotatable bonds is 5. The fourth-order valence-corrected chi connectivity index (χ4v) is 2.52. The van der Waals surface area contributed by atoms with E-state index in [1.54, 1.807) is 18.3 Å². The average Bonchev–Trinajstić information content (AvgIpc) is 2.54. The molecule has 3 aromatic rings. The van der Waals surface area contributed by atoms with Gasteiger partial charge in [-0.3, -0.25) is 9.78 Å². The van der Waals surface area contributed by atoms with Gasteiger partial charge in [-0.2, -0.15) is 0 Å². The van der Waals surface area contributed by atoms with Crippen LogP contribution in [0, 0.1) is 0 Å². The molecule has 22 heavy (non-hydrogen) atoms. The van der Waals surface area contributed by atoms with Crippen molar-refractivity contribution in [1.82, 2.24) is 9.97 Å². The largest absolute Gasteiger partial charge is 0.370 e. The molecule has 2 heterocycles. The van der Waals surface area contributed by atoms with E-state index in [1.165, 1.54) is 0 Å². The SMILES string of the molecule is CCCCNc1nc2cc(C(N)=O)ccc2c2cnccc12. The van der Waals surface area contributed by atoms with Crippen LogP contribution < -0.4 is 11.1 Å². The highest BCUT2D eigenvalue weighted by Gasteiger charge is 2.10. The number of pyridine rings is 2. The highest BCUT2D eigenvalue weighted by Crippen LogP contribution is 2.29. The average molecular weight is 294 g/mol. The van der Waals surface area contributed by atoms with Crippen LogP contribution in [0.25, 0.3) is 21.7 Å². The molecule has 3 rings (SSSR count). The minimum absolute atomic E-state index is 0.449. The quantitative estimate of drug-likeness (QED) is 0.559. The van der Waals surface area contributed by atoms with Gasteiger partial charge in [-0.15, -0.1) is 0 Å². The van der Waals surface area contributed by atoms with Crippen LogP contribution in [0.3, 0.4) is 0 Å². The van der Waals surface area contributed by atoms with Gasteiger partial charge in [0.15, 0.2) is 0 Å². The Labute approximate surface area is 128 Å². The lowest BCUT2D eigenvalue weighted by molar-refractivity contribution is 0.100. The molecular formula is C17H18N4O. The number of unbranched alkanes of at least 4 members (excludes halogenated alkanes) is 1. The maximum absolute atomic E-state index is 11.4. The molecule has 0 atom stereocenters. The smallest absolute Gasteiger partial charge is 0.248 e. The van der Waals surface area contributed by atoms with E-state index >= 15 is 0 Å². The van der Waals surface area contributed by atoms with Gasteiger partial charge < -0.3 is 11.1 Å². The fourth-order valence-electron chi connectivity index (χ4n) is 2.52. The normalized spacial score (nSPS) is 11.0. The molecule has 0 unspecified atom stereocenters. The number of nitrogens with one attached hydrogen (secondary N) is 1. The Hall–Kier alpha value is -2.69. The molecular weight excluding hydrogens is 276 g/mol. The molecule has 0 fully saturated rings. The van der Waals surface area contributed by atoms with Gasteiger partial charge in [0, 0.05) is 40.7 Å². The summed E-state index contributed by atoms with van der Waals surface area (Å²) in [6.45, 7) is 3.01. The van der Waals surface area contributed by atoms with E-state index in [9.17, 15) is 4.79 Å². The third kappa shape index (κ3) is 2.57. The van der Waals surface area contributed by atoms with E-state index < -0.39 is 5.91 Å². The molecule has 0 aliphatic rings. The van der Waals surface area contributed by atoms with Crippen molar-refractivity contribution in [3.05, 3.63) is 42.2 Å². The molecule has 0 bridgehead atoms. The first-order chi connectivity index (χ1) is 10.7. The number of hydrogen-bond donors (Lipinski definition) is 2. The Kier molecular flexibility index (Phi) is 3.87. The van der Waals surface area contributed by atoms with Crippen molar-refractivity contribution in [3.8, 4) is 0 Å². The predicted octanol–water partition coefficient (Wildman–Crippen LogP) is 3.09. The van der Waals surface area contributed by atoms with Gasteiger partial charge in [-0.25, -0.2) is 4.98 Å². The molecule has 1 amide bonds. The van der Waals surface area contributed by atoms with Crippen LogP contribution in [0.4, 0.5) is 5.82 Å². The topological polar surface area (TPSA) is 80.9 Å². The minimum Gasteiger partial charge on any atom is -0.370 e. The first-order valence-corrected chi connectivity index (χ1v) is 7.42. The number of carbonyl (C=O) groups excluding carboxylic acids is 1. The first-order valence-electron chi connectivity index (χ1n) is 7.42. The lowest BCUT2D eigenvalue weighted by Gasteiger charge is -2.11. The van der Waals surface area contributed by atoms with E-state index in [0.29, 0.717) is 5.56 Å². The van der Waals surface area contributed by atoms with Crippen molar-refractivity contribution >= 4 is 33.4 Å². The Bertz CT molecular complexity index is 845. The van der Waals surface area contributed by atoms with Crippen LogP contribution in [0.5, 0.6) is 0 Å². The highest BCUT2D eigenvalue weighted by atomic mass is 16.1. The van der Waals surface area contributed by atoms with Crippen LogP contribution in [-0.4, -0.2) is 22.4 Å². The maximum Gasteiger partial charge on any atom is 0.248 e. The molecule has 3 N–H and O–H groups in total. The molecule has 2 aromatic heterocycles. The second kappa shape index (κ2) is 5.97. The first kappa shape index (κ1) is 14.3. The number of nitrogens with zero attached hydrogens (tertiary/aromatic N) is 2. The summed E-state index contributed by atoms with van der Waals surface area (Å²) in [5.74, 6) is 0.371. The van der Waals surface area contributed by atoms with Gasteiger partial charge in [0.2, 0.25) is 5.91 Å². The summed E-state index contributed by atoms with van der Waals surface area (Å²) >= 11 is 0. The maximum atomic E-state index is 11.4. The van der Waals surface area contributed by atoms with Crippen LogP contribution in [0.2, 0.25) is 0 Å². The van der Waals surface area contributed by atoms with Gasteiger partial charge in [-0.05, 0) is 24.6 Å². The number of nitrogens with two attached hydrogens (primary N) is 1. The third-order valence-electron chi connectivity index (χ3n) is 3.70. The number of aromatic nitrogens is 2. The third-order valence-corrected chi connectivity index (χ3v) is 3.70. The van der Waals surface area contributed by atoms with E-state index in [4.69, 9.17) is 5.73 Å². The zero-order chi connectivity index (χ0) is 15.5. The summed E-state index contributed by atoms with van der Waals surface area (Å²) in [5.41, 5.74) is 6.57. The number of carbonyl (C=O) groups is 1. The molecule has 0 aliphatic carbocycles. The zero-order valence-corrected chi connectivity index (χ0v) is 12.5. The number of benzene rings is 1. The van der Waals surface area contributed by atoms with E-state index in [2.05, 4.69) is 22.2 Å².